The van der Waals surface area contributed by atoms with Crippen LogP contribution >= 0.6 is 0 Å². The minimum atomic E-state index is -1.58. The molecule has 7 unspecified atom stereocenters. The van der Waals surface area contributed by atoms with Crippen molar-refractivity contribution in [3.8, 4) is 0 Å². The molecular weight excluding hydrogens is 947 g/mol. The van der Waals surface area contributed by atoms with Crippen molar-refractivity contribution in [3.05, 3.63) is 48.6 Å². The number of nitrogens with one attached hydrogen (secondary N) is 1. The van der Waals surface area contributed by atoms with Crippen LogP contribution < -0.4 is 5.32 Å². The van der Waals surface area contributed by atoms with Gasteiger partial charge < -0.3 is 40.3 Å². The van der Waals surface area contributed by atoms with Gasteiger partial charge in [-0.2, -0.15) is 0 Å². The van der Waals surface area contributed by atoms with E-state index in [2.05, 4.69) is 55.6 Å². The molecule has 0 aromatic carbocycles. The van der Waals surface area contributed by atoms with Crippen LogP contribution in [0.1, 0.15) is 316 Å². The molecule has 446 valence electrons. The summed E-state index contributed by atoms with van der Waals surface area (Å²) in [6.07, 6.45) is 69.2. The van der Waals surface area contributed by atoms with Gasteiger partial charge in [0, 0.05) is 6.42 Å². The molecule has 0 aromatic heterocycles. The van der Waals surface area contributed by atoms with Gasteiger partial charge in [0.2, 0.25) is 5.91 Å². The molecule has 0 saturated carbocycles. The van der Waals surface area contributed by atoms with Crippen molar-refractivity contribution in [1.82, 2.24) is 5.32 Å². The van der Waals surface area contributed by atoms with E-state index in [1.807, 2.05) is 6.08 Å². The molecule has 0 aromatic rings. The van der Waals surface area contributed by atoms with Gasteiger partial charge >= 0.3 is 0 Å². The summed E-state index contributed by atoms with van der Waals surface area (Å²) in [5, 5.41) is 54.6. The smallest absolute Gasteiger partial charge is 0.220 e. The molecule has 1 saturated heterocycles. The fourth-order valence-corrected chi connectivity index (χ4v) is 10.4. The van der Waals surface area contributed by atoms with Crippen LogP contribution in [0.4, 0.5) is 0 Å². The zero-order valence-corrected chi connectivity index (χ0v) is 49.8. The Hall–Kier alpha value is -1.85. The Balaban J connectivity index is 2.20. The highest BCUT2D eigenvalue weighted by Crippen LogP contribution is 2.23. The van der Waals surface area contributed by atoms with Gasteiger partial charge in [0.05, 0.1) is 25.4 Å². The molecule has 1 heterocycles. The van der Waals surface area contributed by atoms with Crippen molar-refractivity contribution in [2.24, 2.45) is 0 Å². The highest BCUT2D eigenvalue weighted by molar-refractivity contribution is 5.76. The molecule has 7 atom stereocenters. The van der Waals surface area contributed by atoms with E-state index in [0.29, 0.717) is 6.42 Å². The SMILES string of the molecule is CCCCCCCCCC/C=C\CCCCCCCCCCCCCC(=O)NC(COC1OC(CO)C(O)C(O)C1O)C(O)/C=C/CC/C=C/CC/C=C/CCCCCCCCCCCCCCCCCCCCCC. The van der Waals surface area contributed by atoms with E-state index < -0.39 is 49.5 Å². The maximum Gasteiger partial charge on any atom is 0.220 e. The van der Waals surface area contributed by atoms with E-state index in [-0.39, 0.29) is 12.5 Å². The van der Waals surface area contributed by atoms with Crippen LogP contribution in [0, 0.1) is 0 Å². The molecule has 76 heavy (non-hydrogen) atoms. The Bertz CT molecular complexity index is 1340. The molecule has 9 nitrogen and oxygen atoms in total. The summed E-state index contributed by atoms with van der Waals surface area (Å²) in [6, 6.07) is -0.830. The first-order valence-electron chi connectivity index (χ1n) is 32.9. The average molecular weight is 1070 g/mol. The van der Waals surface area contributed by atoms with Crippen LogP contribution in [0.25, 0.3) is 0 Å². The van der Waals surface area contributed by atoms with Gasteiger partial charge in [-0.15, -0.1) is 0 Å². The summed E-state index contributed by atoms with van der Waals surface area (Å²) in [7, 11) is 0. The van der Waals surface area contributed by atoms with E-state index in [4.69, 9.17) is 9.47 Å². The van der Waals surface area contributed by atoms with E-state index in [0.717, 1.165) is 44.9 Å². The quantitative estimate of drug-likeness (QED) is 0.0261. The number of allylic oxidation sites excluding steroid dienone is 7. The second-order valence-corrected chi connectivity index (χ2v) is 22.9. The lowest BCUT2D eigenvalue weighted by atomic mass is 9.99. The first kappa shape index (κ1) is 72.2. The van der Waals surface area contributed by atoms with Gasteiger partial charge in [0.15, 0.2) is 6.29 Å². The van der Waals surface area contributed by atoms with Gasteiger partial charge in [-0.3, -0.25) is 4.79 Å². The van der Waals surface area contributed by atoms with Gasteiger partial charge in [0.25, 0.3) is 0 Å². The monoisotopic (exact) mass is 1070 g/mol. The number of aliphatic hydroxyl groups is 5. The average Bonchev–Trinajstić information content (AvgIpc) is 3.42. The second-order valence-electron chi connectivity index (χ2n) is 22.9. The number of carbonyl (C=O) groups is 1. The van der Waals surface area contributed by atoms with Gasteiger partial charge in [-0.1, -0.05) is 287 Å². The number of aliphatic hydroxyl groups excluding tert-OH is 5. The molecule has 1 rings (SSSR count). The molecule has 1 aliphatic heterocycles. The fraction of sp³-hybridized carbons (Fsp3) is 0.866. The van der Waals surface area contributed by atoms with Crippen molar-refractivity contribution < 1.29 is 39.8 Å². The van der Waals surface area contributed by atoms with Crippen LogP contribution in [-0.4, -0.2) is 87.5 Å². The third-order valence-electron chi connectivity index (χ3n) is 15.6. The molecule has 6 N–H and O–H groups in total. The van der Waals surface area contributed by atoms with Gasteiger partial charge in [-0.25, -0.2) is 0 Å². The van der Waals surface area contributed by atoms with Gasteiger partial charge in [-0.05, 0) is 70.6 Å². The third-order valence-corrected chi connectivity index (χ3v) is 15.6. The lowest BCUT2D eigenvalue weighted by Gasteiger charge is -2.40. The standard InChI is InChI=1S/C67H125NO8/c1-3-5-7-9-11-13-15-17-19-21-23-25-27-28-29-30-31-32-33-35-36-38-40-42-44-46-48-50-52-54-56-61(70)60(59-75-67-66(74)65(73)64(72)62(58-69)76-67)68-63(71)57-55-53-51-49-47-45-43-41-39-37-34-26-24-22-20-18-16-14-12-10-8-6-4-2/h22,24,38,40,46,48,54,56,60-62,64-67,69-70,72-74H,3-21,23,25-37,39,41-45,47,49-53,55,57-59H2,1-2H3,(H,68,71)/b24-22-,40-38+,48-46+,56-54+. The lowest BCUT2D eigenvalue weighted by molar-refractivity contribution is -0.302. The number of unbranched alkanes of at least 4 members (excludes halogenated alkanes) is 41. The highest BCUT2D eigenvalue weighted by Gasteiger charge is 2.44. The second kappa shape index (κ2) is 56.4. The zero-order chi connectivity index (χ0) is 55.0. The first-order chi connectivity index (χ1) is 37.3. The summed E-state index contributed by atoms with van der Waals surface area (Å²) in [6.45, 7) is 3.80. The molecular formula is C67H125NO8. The molecule has 0 aliphatic carbocycles. The van der Waals surface area contributed by atoms with Crippen LogP contribution in [0.2, 0.25) is 0 Å². The third kappa shape index (κ3) is 44.9. The summed E-state index contributed by atoms with van der Waals surface area (Å²) in [4.78, 5) is 13.1. The minimum Gasteiger partial charge on any atom is -0.394 e. The summed E-state index contributed by atoms with van der Waals surface area (Å²) in [5.41, 5.74) is 0. The van der Waals surface area contributed by atoms with E-state index in [1.165, 1.54) is 250 Å². The Labute approximate surface area is 469 Å². The highest BCUT2D eigenvalue weighted by atomic mass is 16.7. The van der Waals surface area contributed by atoms with Crippen LogP contribution in [-0.2, 0) is 14.3 Å². The summed E-state index contributed by atoms with van der Waals surface area (Å²) >= 11 is 0. The molecule has 9 heteroatoms. The van der Waals surface area contributed by atoms with Crippen molar-refractivity contribution >= 4 is 5.91 Å². The van der Waals surface area contributed by atoms with Crippen LogP contribution in [0.15, 0.2) is 48.6 Å². The van der Waals surface area contributed by atoms with Gasteiger partial charge in [0.1, 0.15) is 24.4 Å². The fourth-order valence-electron chi connectivity index (χ4n) is 10.4. The predicted molar refractivity (Wildman–Crippen MR) is 323 cm³/mol. The largest absolute Gasteiger partial charge is 0.394 e. The molecule has 0 spiro atoms. The first-order valence-corrected chi connectivity index (χ1v) is 32.9. The van der Waals surface area contributed by atoms with E-state index >= 15 is 0 Å². The minimum absolute atomic E-state index is 0.188. The van der Waals surface area contributed by atoms with E-state index in [1.54, 1.807) is 6.08 Å². The summed E-state index contributed by atoms with van der Waals surface area (Å²) < 4.78 is 11.3. The number of carbonyl (C=O) groups excluding carboxylic acids is 1. The molecule has 1 fully saturated rings. The summed E-state index contributed by atoms with van der Waals surface area (Å²) in [5.74, 6) is -0.188. The number of rotatable bonds is 57. The van der Waals surface area contributed by atoms with Crippen LogP contribution in [0.3, 0.4) is 0 Å². The van der Waals surface area contributed by atoms with Crippen molar-refractivity contribution in [3.63, 3.8) is 0 Å². The van der Waals surface area contributed by atoms with Crippen molar-refractivity contribution in [2.75, 3.05) is 13.2 Å². The molecule has 0 radical (unpaired) electrons. The number of amides is 1. The topological polar surface area (TPSA) is 149 Å². The normalized spacial score (nSPS) is 19.1. The predicted octanol–water partition coefficient (Wildman–Crippen LogP) is 17.2. The molecule has 0 bridgehead atoms. The number of hydrogen-bond acceptors (Lipinski definition) is 8. The Morgan fingerprint density at radius 2 is 0.750 bits per heavy atom. The van der Waals surface area contributed by atoms with Crippen LogP contribution in [0.5, 0.6) is 0 Å². The van der Waals surface area contributed by atoms with E-state index in [9.17, 15) is 30.3 Å². The Kier molecular flexibility index (Phi) is 53.6. The number of ether oxygens (including phenoxy) is 2. The Morgan fingerprint density at radius 1 is 0.434 bits per heavy atom. The molecule has 1 aliphatic rings. The Morgan fingerprint density at radius 3 is 1.11 bits per heavy atom. The molecule has 1 amide bonds. The maximum atomic E-state index is 13.1. The zero-order valence-electron chi connectivity index (χ0n) is 49.8. The lowest BCUT2D eigenvalue weighted by Crippen LogP contribution is -2.60. The number of hydrogen-bond donors (Lipinski definition) is 6. The maximum absolute atomic E-state index is 13.1. The van der Waals surface area contributed by atoms with Crippen molar-refractivity contribution in [2.45, 2.75) is 358 Å². The van der Waals surface area contributed by atoms with Crippen molar-refractivity contribution in [1.29, 1.82) is 0 Å².